The van der Waals surface area contributed by atoms with Crippen LogP contribution in [-0.4, -0.2) is 42.2 Å². The summed E-state index contributed by atoms with van der Waals surface area (Å²) in [5, 5.41) is 3.00. The minimum absolute atomic E-state index is 0.0851. The normalized spacial score (nSPS) is 15.6. The van der Waals surface area contributed by atoms with Crippen molar-refractivity contribution in [3.05, 3.63) is 77.5 Å². The summed E-state index contributed by atoms with van der Waals surface area (Å²) in [7, 11) is 1.95. The molecule has 1 N–H and O–H groups in total. The fraction of sp³-hybridized carbons (Fsp3) is 0.320. The quantitative estimate of drug-likeness (QED) is 0.631. The van der Waals surface area contributed by atoms with Gasteiger partial charge >= 0.3 is 0 Å². The molecule has 0 radical (unpaired) electrons. The Hall–Kier alpha value is -3.25. The van der Waals surface area contributed by atoms with Gasteiger partial charge in [0, 0.05) is 38.5 Å². The summed E-state index contributed by atoms with van der Waals surface area (Å²) in [5.74, 6) is 1.04. The SMILES string of the molecule is Cc1cccc(-c2ncc(C(=O)NCC3CCCO3)c(N(C)Cc3ccccc3)n2)c1. The van der Waals surface area contributed by atoms with Gasteiger partial charge in [-0.2, -0.15) is 0 Å². The Morgan fingerprint density at radius 1 is 1.19 bits per heavy atom. The first-order valence-electron chi connectivity index (χ1n) is 10.7. The van der Waals surface area contributed by atoms with Gasteiger partial charge in [-0.3, -0.25) is 4.79 Å². The fourth-order valence-electron chi connectivity index (χ4n) is 3.79. The highest BCUT2D eigenvalue weighted by atomic mass is 16.5. The number of ether oxygens (including phenoxy) is 1. The molecule has 1 atom stereocenters. The summed E-state index contributed by atoms with van der Waals surface area (Å²) in [6.45, 7) is 3.94. The Morgan fingerprint density at radius 3 is 2.77 bits per heavy atom. The van der Waals surface area contributed by atoms with Crippen LogP contribution in [0.1, 0.15) is 34.3 Å². The molecule has 2 aromatic carbocycles. The van der Waals surface area contributed by atoms with Crippen molar-refractivity contribution in [2.24, 2.45) is 0 Å². The smallest absolute Gasteiger partial charge is 0.256 e. The first-order valence-corrected chi connectivity index (χ1v) is 10.7. The van der Waals surface area contributed by atoms with Crippen LogP contribution in [0.4, 0.5) is 5.82 Å². The van der Waals surface area contributed by atoms with E-state index in [0.29, 0.717) is 30.3 Å². The number of nitrogens with one attached hydrogen (secondary N) is 1. The largest absolute Gasteiger partial charge is 0.376 e. The summed E-state index contributed by atoms with van der Waals surface area (Å²) in [4.78, 5) is 24.3. The van der Waals surface area contributed by atoms with Crippen molar-refractivity contribution in [2.45, 2.75) is 32.4 Å². The first kappa shape index (κ1) is 21.0. The highest BCUT2D eigenvalue weighted by molar-refractivity contribution is 5.98. The average molecular weight is 417 g/mol. The third-order valence-electron chi connectivity index (χ3n) is 5.43. The molecule has 6 heteroatoms. The first-order chi connectivity index (χ1) is 15.1. The van der Waals surface area contributed by atoms with E-state index < -0.39 is 0 Å². The molecular weight excluding hydrogens is 388 g/mol. The van der Waals surface area contributed by atoms with E-state index in [1.165, 1.54) is 0 Å². The molecule has 4 rings (SSSR count). The number of benzene rings is 2. The lowest BCUT2D eigenvalue weighted by molar-refractivity contribution is 0.0857. The van der Waals surface area contributed by atoms with Crippen LogP contribution >= 0.6 is 0 Å². The van der Waals surface area contributed by atoms with Crippen molar-refractivity contribution >= 4 is 11.7 Å². The van der Waals surface area contributed by atoms with Crippen molar-refractivity contribution in [1.82, 2.24) is 15.3 Å². The van der Waals surface area contributed by atoms with Gasteiger partial charge in [-0.15, -0.1) is 0 Å². The van der Waals surface area contributed by atoms with E-state index in [1.807, 2.05) is 61.3 Å². The van der Waals surface area contributed by atoms with E-state index in [2.05, 4.69) is 22.4 Å². The predicted octanol–water partition coefficient (Wildman–Crippen LogP) is 4.00. The van der Waals surface area contributed by atoms with E-state index in [4.69, 9.17) is 9.72 Å². The third-order valence-corrected chi connectivity index (χ3v) is 5.43. The standard InChI is InChI=1S/C25H28N4O2/c1-18-8-6-11-20(14-18)23-26-16-22(25(30)27-15-21-12-7-13-31-21)24(28-23)29(2)17-19-9-4-3-5-10-19/h3-6,8-11,14,16,21H,7,12-13,15,17H2,1-2H3,(H,27,30). The van der Waals surface area contributed by atoms with Gasteiger partial charge < -0.3 is 15.0 Å². The van der Waals surface area contributed by atoms with Crippen LogP contribution < -0.4 is 10.2 Å². The van der Waals surface area contributed by atoms with Crippen LogP contribution in [0.5, 0.6) is 0 Å². The van der Waals surface area contributed by atoms with Crippen molar-refractivity contribution in [1.29, 1.82) is 0 Å². The number of anilines is 1. The Balaban J connectivity index is 1.63. The predicted molar refractivity (Wildman–Crippen MR) is 122 cm³/mol. The van der Waals surface area contributed by atoms with Gasteiger partial charge in [0.2, 0.25) is 0 Å². The molecule has 0 aliphatic carbocycles. The number of hydrogen-bond donors (Lipinski definition) is 1. The molecule has 1 unspecified atom stereocenters. The van der Waals surface area contributed by atoms with Gasteiger partial charge in [0.25, 0.3) is 5.91 Å². The second-order valence-electron chi connectivity index (χ2n) is 7.99. The average Bonchev–Trinajstić information content (AvgIpc) is 3.31. The Labute approximate surface area is 183 Å². The monoisotopic (exact) mass is 416 g/mol. The minimum Gasteiger partial charge on any atom is -0.376 e. The van der Waals surface area contributed by atoms with Crippen LogP contribution in [0, 0.1) is 6.92 Å². The van der Waals surface area contributed by atoms with Gasteiger partial charge in [-0.05, 0) is 31.4 Å². The van der Waals surface area contributed by atoms with E-state index in [0.717, 1.165) is 36.1 Å². The lowest BCUT2D eigenvalue weighted by atomic mass is 10.1. The van der Waals surface area contributed by atoms with Crippen molar-refractivity contribution < 1.29 is 9.53 Å². The van der Waals surface area contributed by atoms with Gasteiger partial charge in [-0.25, -0.2) is 9.97 Å². The Kier molecular flexibility index (Phi) is 6.57. The van der Waals surface area contributed by atoms with Crippen LogP contribution in [-0.2, 0) is 11.3 Å². The highest BCUT2D eigenvalue weighted by Gasteiger charge is 2.21. The number of amides is 1. The lowest BCUT2D eigenvalue weighted by Crippen LogP contribution is -2.33. The molecule has 160 valence electrons. The van der Waals surface area contributed by atoms with E-state index >= 15 is 0 Å². The van der Waals surface area contributed by atoms with Crippen molar-refractivity contribution in [3.63, 3.8) is 0 Å². The van der Waals surface area contributed by atoms with E-state index in [-0.39, 0.29) is 12.0 Å². The number of carbonyl (C=O) groups is 1. The topological polar surface area (TPSA) is 67.3 Å². The highest BCUT2D eigenvalue weighted by Crippen LogP contribution is 2.24. The maximum atomic E-state index is 13.0. The zero-order chi connectivity index (χ0) is 21.6. The molecule has 1 fully saturated rings. The zero-order valence-corrected chi connectivity index (χ0v) is 18.0. The second kappa shape index (κ2) is 9.71. The third kappa shape index (κ3) is 5.27. The molecule has 1 amide bonds. The zero-order valence-electron chi connectivity index (χ0n) is 18.0. The Bertz CT molecular complexity index is 1030. The number of carbonyl (C=O) groups excluding carboxylic acids is 1. The van der Waals surface area contributed by atoms with Crippen LogP contribution in [0.15, 0.2) is 60.8 Å². The number of aromatic nitrogens is 2. The van der Waals surface area contributed by atoms with Crippen LogP contribution in [0.3, 0.4) is 0 Å². The van der Waals surface area contributed by atoms with Crippen molar-refractivity contribution in [3.8, 4) is 11.4 Å². The number of rotatable bonds is 7. The van der Waals surface area contributed by atoms with Gasteiger partial charge in [0.05, 0.1) is 6.10 Å². The molecule has 3 aromatic rings. The molecule has 1 aliphatic heterocycles. The summed E-state index contributed by atoms with van der Waals surface area (Å²) < 4.78 is 5.63. The minimum atomic E-state index is -0.179. The lowest BCUT2D eigenvalue weighted by Gasteiger charge is -2.22. The molecule has 6 nitrogen and oxygen atoms in total. The molecule has 0 bridgehead atoms. The molecule has 0 saturated carbocycles. The van der Waals surface area contributed by atoms with Crippen molar-refractivity contribution in [2.75, 3.05) is 25.1 Å². The summed E-state index contributed by atoms with van der Waals surface area (Å²) in [6, 6.07) is 18.2. The van der Waals surface area contributed by atoms with Crippen LogP contribution in [0.2, 0.25) is 0 Å². The van der Waals surface area contributed by atoms with E-state index in [9.17, 15) is 4.79 Å². The summed E-state index contributed by atoms with van der Waals surface area (Å²) in [5.41, 5.74) is 3.68. The van der Waals surface area contributed by atoms with Gasteiger partial charge in [0.15, 0.2) is 5.82 Å². The van der Waals surface area contributed by atoms with Gasteiger partial charge in [0.1, 0.15) is 11.4 Å². The molecule has 2 heterocycles. The molecule has 31 heavy (non-hydrogen) atoms. The number of hydrogen-bond acceptors (Lipinski definition) is 5. The number of aryl methyl sites for hydroxylation is 1. The molecule has 1 saturated heterocycles. The Morgan fingerprint density at radius 2 is 2.03 bits per heavy atom. The molecule has 1 aromatic heterocycles. The summed E-state index contributed by atoms with van der Waals surface area (Å²) >= 11 is 0. The fourth-order valence-corrected chi connectivity index (χ4v) is 3.79. The van der Waals surface area contributed by atoms with Gasteiger partial charge in [-0.1, -0.05) is 54.1 Å². The molecule has 1 aliphatic rings. The molecular formula is C25H28N4O2. The second-order valence-corrected chi connectivity index (χ2v) is 7.99. The maximum absolute atomic E-state index is 13.0. The maximum Gasteiger partial charge on any atom is 0.256 e. The number of nitrogens with zero attached hydrogens (tertiary/aromatic N) is 3. The van der Waals surface area contributed by atoms with E-state index in [1.54, 1.807) is 6.20 Å². The molecule has 0 spiro atoms. The summed E-state index contributed by atoms with van der Waals surface area (Å²) in [6.07, 6.45) is 3.73. The van der Waals surface area contributed by atoms with Crippen LogP contribution in [0.25, 0.3) is 11.4 Å².